The first-order valence-corrected chi connectivity index (χ1v) is 35.5. The van der Waals surface area contributed by atoms with E-state index in [1.165, 1.54) is 0 Å². The molecule has 0 bridgehead atoms. The molecule has 33 atom stereocenters. The van der Waals surface area contributed by atoms with E-state index in [1.807, 2.05) is 0 Å². The summed E-state index contributed by atoms with van der Waals surface area (Å²) in [5.41, 5.74) is -0.515. The molecule has 15 nitrogen and oxygen atoms in total. The van der Waals surface area contributed by atoms with Gasteiger partial charge in [-0.25, -0.2) is 0 Å². The SMILES string of the molecule is C[C@H](CCC(=O)[O-])[C@H]1CC[C@H]2[C@@H]3[C@H](O)C[C@@H]4C[C@H](O)CC[C@]4(C)[C@H]3C[C@H](O)[C@]12C.C[C@H](CCC(=O)[O-])[C@H]1CC[C@H]2[C@@H]3[C@H](O)C[C@@H]4C[C@H](O)CC[C@]4(C)[C@H]3C[C@H](O)[C@]12C.C[C@H](CCC(=O)[O-])[C@H]1CC[C@H]2[C@@H]3[C@H](O)C[C@@H]4C[C@H](O)CC[C@]4(C)[C@H]3C[C@H](O)[C@]12C.[Al+3]. The van der Waals surface area contributed by atoms with Crippen molar-refractivity contribution in [3.63, 3.8) is 0 Å². The number of carboxylic acids is 3. The quantitative estimate of drug-likeness (QED) is 0.102. The van der Waals surface area contributed by atoms with E-state index in [1.54, 1.807) is 0 Å². The Balaban J connectivity index is 0.000000156. The first-order valence-electron chi connectivity index (χ1n) is 35.5. The van der Waals surface area contributed by atoms with E-state index in [-0.39, 0.29) is 177 Å². The molecular formula is C72H117AlO15. The second kappa shape index (κ2) is 26.6. The zero-order chi connectivity index (χ0) is 63.4. The first-order chi connectivity index (χ1) is 40.8. The fourth-order valence-corrected chi connectivity index (χ4v) is 26.0. The predicted molar refractivity (Wildman–Crippen MR) is 328 cm³/mol. The molecule has 12 rings (SSSR count). The minimum Gasteiger partial charge on any atom is -0.550 e. The predicted octanol–water partition coefficient (Wildman–Crippen LogP) is 5.96. The van der Waals surface area contributed by atoms with Gasteiger partial charge in [0.1, 0.15) is 0 Å². The van der Waals surface area contributed by atoms with Crippen LogP contribution in [0.25, 0.3) is 0 Å². The minimum absolute atomic E-state index is 0. The van der Waals surface area contributed by atoms with E-state index in [9.17, 15) is 75.7 Å². The van der Waals surface area contributed by atoms with Crippen molar-refractivity contribution in [3.8, 4) is 0 Å². The summed E-state index contributed by atoms with van der Waals surface area (Å²) in [6.45, 7) is 20.0. The molecule has 0 heterocycles. The summed E-state index contributed by atoms with van der Waals surface area (Å²) in [7, 11) is 0. The van der Waals surface area contributed by atoms with Gasteiger partial charge >= 0.3 is 17.4 Å². The number of aliphatic hydroxyl groups is 9. The normalized spacial score (nSPS) is 52.3. The van der Waals surface area contributed by atoms with Gasteiger partial charge in [0.05, 0.1) is 54.9 Å². The first kappa shape index (κ1) is 70.9. The maximum Gasteiger partial charge on any atom is 3.00 e. The summed E-state index contributed by atoms with van der Waals surface area (Å²) >= 11 is 0. The van der Waals surface area contributed by atoms with Gasteiger partial charge < -0.3 is 75.7 Å². The van der Waals surface area contributed by atoms with Gasteiger partial charge in [-0.15, -0.1) is 0 Å². The number of rotatable bonds is 12. The van der Waals surface area contributed by atoms with Crippen molar-refractivity contribution < 1.29 is 75.7 Å². The number of carbonyl (C=O) groups is 3. The Hall–Kier alpha value is -1.42. The van der Waals surface area contributed by atoms with Crippen molar-refractivity contribution in [2.75, 3.05) is 0 Å². The van der Waals surface area contributed by atoms with E-state index in [2.05, 4.69) is 62.3 Å². The molecule has 498 valence electrons. The summed E-state index contributed by atoms with van der Waals surface area (Å²) < 4.78 is 0. The van der Waals surface area contributed by atoms with E-state index in [0.717, 1.165) is 135 Å². The molecule has 9 N–H and O–H groups in total. The largest absolute Gasteiger partial charge is 3.00 e. The van der Waals surface area contributed by atoms with Crippen LogP contribution in [0.1, 0.15) is 236 Å². The Morgan fingerprint density at radius 2 is 0.602 bits per heavy atom. The second-order valence-corrected chi connectivity index (χ2v) is 34.2. The standard InChI is InChI=1S/3C24H40O5.Al/c3*1-13(4-7-21(28)29)16-5-6-17-22-18(12-20(27)24(16,17)3)23(2)9-8-15(25)10-14(23)11-19(22)26;/h3*13-20,22,25-27H,4-12H2,1-3H3,(H,28,29);/q;;;+3/p-3/t3*13-,14+,15-,16-,17+,18+,19-,20+,22+,23+,24-;/m111./s1. The van der Waals surface area contributed by atoms with Crippen LogP contribution in [0.4, 0.5) is 0 Å². The number of fused-ring (bicyclic) bond motifs is 15. The maximum atomic E-state index is 11.5. The van der Waals surface area contributed by atoms with Gasteiger partial charge in [-0.05, 0) is 312 Å². The smallest absolute Gasteiger partial charge is 0.550 e. The molecule has 0 amide bonds. The summed E-state index contributed by atoms with van der Waals surface area (Å²) in [6.07, 6.45) is 17.2. The Morgan fingerprint density at radius 3 is 0.830 bits per heavy atom. The van der Waals surface area contributed by atoms with E-state index in [4.69, 9.17) is 0 Å². The van der Waals surface area contributed by atoms with Gasteiger partial charge in [-0.2, -0.15) is 0 Å². The Morgan fingerprint density at radius 1 is 0.364 bits per heavy atom. The molecular weight excluding hydrogens is 1130 g/mol. The van der Waals surface area contributed by atoms with Crippen molar-refractivity contribution in [1.29, 1.82) is 0 Å². The fraction of sp³-hybridized carbons (Fsp3) is 0.958. The molecule has 16 heteroatoms. The van der Waals surface area contributed by atoms with Gasteiger partial charge in [-0.1, -0.05) is 62.3 Å². The Kier molecular flexibility index (Phi) is 21.5. The molecule has 0 aromatic carbocycles. The molecule has 12 aliphatic carbocycles. The molecule has 0 saturated heterocycles. The molecule has 0 spiro atoms. The number of carbonyl (C=O) groups excluding carboxylic acids is 3. The summed E-state index contributed by atoms with van der Waals surface area (Å²) in [5, 5.41) is 132. The molecule has 12 saturated carbocycles. The molecule has 88 heavy (non-hydrogen) atoms. The minimum atomic E-state index is -0.998. The third-order valence-electron chi connectivity index (χ3n) is 31.0. The van der Waals surface area contributed by atoms with Crippen LogP contribution < -0.4 is 15.3 Å². The van der Waals surface area contributed by atoms with Crippen molar-refractivity contribution in [2.45, 2.75) is 291 Å². The van der Waals surface area contributed by atoms with Crippen molar-refractivity contribution in [3.05, 3.63) is 0 Å². The van der Waals surface area contributed by atoms with Crippen molar-refractivity contribution >= 4 is 35.3 Å². The molecule has 12 aliphatic rings. The van der Waals surface area contributed by atoms with Crippen molar-refractivity contribution in [1.82, 2.24) is 0 Å². The number of carboxylic acid groups (broad SMARTS) is 3. The van der Waals surface area contributed by atoms with E-state index < -0.39 is 36.2 Å². The molecule has 0 radical (unpaired) electrons. The third-order valence-corrected chi connectivity index (χ3v) is 31.0. The monoisotopic (exact) mass is 1250 g/mol. The molecule has 0 aromatic rings. The second-order valence-electron chi connectivity index (χ2n) is 34.2. The number of aliphatic hydroxyl groups excluding tert-OH is 9. The average molecular weight is 1250 g/mol. The molecule has 0 aliphatic heterocycles. The van der Waals surface area contributed by atoms with Crippen LogP contribution in [0.15, 0.2) is 0 Å². The van der Waals surface area contributed by atoms with E-state index in [0.29, 0.717) is 54.8 Å². The van der Waals surface area contributed by atoms with Crippen LogP contribution in [0, 0.1) is 139 Å². The van der Waals surface area contributed by atoms with E-state index >= 15 is 0 Å². The molecule has 0 aromatic heterocycles. The maximum absolute atomic E-state index is 11.5. The van der Waals surface area contributed by atoms with Crippen LogP contribution in [0.2, 0.25) is 0 Å². The summed E-state index contributed by atoms with van der Waals surface area (Å²) in [4.78, 5) is 32.9. The zero-order valence-electron chi connectivity index (χ0n) is 55.2. The van der Waals surface area contributed by atoms with Crippen LogP contribution in [0.3, 0.4) is 0 Å². The fourth-order valence-electron chi connectivity index (χ4n) is 26.0. The van der Waals surface area contributed by atoms with Crippen LogP contribution in [0.5, 0.6) is 0 Å². The molecule has 0 unspecified atom stereocenters. The third kappa shape index (κ3) is 12.1. The topological polar surface area (TPSA) is 302 Å². The van der Waals surface area contributed by atoms with Crippen LogP contribution >= 0.6 is 0 Å². The van der Waals surface area contributed by atoms with Gasteiger partial charge in [0, 0.05) is 17.9 Å². The Labute approximate surface area is 537 Å². The number of hydrogen-bond donors (Lipinski definition) is 9. The summed E-state index contributed by atoms with van der Waals surface area (Å²) in [5.74, 6) is 1.90. The van der Waals surface area contributed by atoms with Crippen LogP contribution in [-0.4, -0.2) is 136 Å². The van der Waals surface area contributed by atoms with Gasteiger partial charge in [-0.3, -0.25) is 0 Å². The van der Waals surface area contributed by atoms with Crippen LogP contribution in [-0.2, 0) is 14.4 Å². The average Bonchev–Trinajstić information content (AvgIpc) is 1.30. The number of aliphatic carboxylic acids is 3. The van der Waals surface area contributed by atoms with Gasteiger partial charge in [0.25, 0.3) is 0 Å². The van der Waals surface area contributed by atoms with Gasteiger partial charge in [0.2, 0.25) is 0 Å². The Bertz CT molecular complexity index is 2170. The summed E-state index contributed by atoms with van der Waals surface area (Å²) in [6, 6.07) is 0. The number of hydrogen-bond acceptors (Lipinski definition) is 15. The van der Waals surface area contributed by atoms with Crippen molar-refractivity contribution in [2.24, 2.45) is 139 Å². The molecule has 12 fully saturated rings. The zero-order valence-corrected chi connectivity index (χ0v) is 56.4. The van der Waals surface area contributed by atoms with Gasteiger partial charge in [0.15, 0.2) is 0 Å².